The van der Waals surface area contributed by atoms with E-state index in [9.17, 15) is 9.59 Å². The summed E-state index contributed by atoms with van der Waals surface area (Å²) in [6.45, 7) is 12.0. The molecule has 1 N–H and O–H groups in total. The molecule has 7 rings (SSSR count). The summed E-state index contributed by atoms with van der Waals surface area (Å²) in [7, 11) is 0. The Balaban J connectivity index is 1.16. The maximum Gasteiger partial charge on any atom is 0.411 e. The molecule has 3 aromatic rings. The SMILES string of the molecule is Cc1sc2c(c1C)C(c1ccc(Cl)cc1)=N[C@@H](CC(=O)NC1C[C@H]3CCC[C@@H]4N(C(=O)OC(C)(C)C)C34C1)c1cnc(C)n1-2. The molecule has 44 heavy (non-hydrogen) atoms. The number of benzene rings is 1. The second kappa shape index (κ2) is 10.4. The Bertz CT molecular complexity index is 1690. The lowest BCUT2D eigenvalue weighted by Gasteiger charge is -2.24. The lowest BCUT2D eigenvalue weighted by molar-refractivity contribution is -0.122. The van der Waals surface area contributed by atoms with Crippen molar-refractivity contribution in [2.45, 2.75) is 109 Å². The number of carbonyl (C=O) groups excluding carboxylic acids is 2. The summed E-state index contributed by atoms with van der Waals surface area (Å²) in [6, 6.07) is 7.61. The summed E-state index contributed by atoms with van der Waals surface area (Å²) in [5.41, 5.74) is 4.32. The normalized spacial score (nSPS) is 27.0. The molecule has 2 aliphatic carbocycles. The fourth-order valence-corrected chi connectivity index (χ4v) is 9.41. The van der Waals surface area contributed by atoms with Gasteiger partial charge in [-0.15, -0.1) is 11.3 Å². The molecule has 2 aromatic heterocycles. The molecule has 4 aliphatic rings. The topological polar surface area (TPSA) is 88.6 Å². The van der Waals surface area contributed by atoms with Crippen molar-refractivity contribution in [2.75, 3.05) is 0 Å². The predicted molar refractivity (Wildman–Crippen MR) is 173 cm³/mol. The quantitative estimate of drug-likeness (QED) is 0.307. The molecule has 2 saturated carbocycles. The zero-order valence-electron chi connectivity index (χ0n) is 26.2. The number of amides is 2. The van der Waals surface area contributed by atoms with Crippen LogP contribution in [-0.4, -0.2) is 55.4 Å². The van der Waals surface area contributed by atoms with Gasteiger partial charge >= 0.3 is 6.09 Å². The minimum absolute atomic E-state index is 0.0178. The molecule has 4 heterocycles. The molecule has 1 spiro atoms. The highest BCUT2D eigenvalue weighted by atomic mass is 35.5. The summed E-state index contributed by atoms with van der Waals surface area (Å²) in [5, 5.41) is 5.12. The van der Waals surface area contributed by atoms with Gasteiger partial charge in [-0.2, -0.15) is 0 Å². The lowest BCUT2D eigenvalue weighted by atomic mass is 9.81. The van der Waals surface area contributed by atoms with Crippen LogP contribution < -0.4 is 5.32 Å². The molecule has 2 unspecified atom stereocenters. The summed E-state index contributed by atoms with van der Waals surface area (Å²) in [6.07, 6.45) is 6.72. The number of hydrogen-bond acceptors (Lipinski definition) is 6. The zero-order chi connectivity index (χ0) is 31.1. The van der Waals surface area contributed by atoms with Crippen LogP contribution in [0.3, 0.4) is 0 Å². The van der Waals surface area contributed by atoms with Gasteiger partial charge in [0.1, 0.15) is 22.5 Å². The van der Waals surface area contributed by atoms with Gasteiger partial charge in [0.2, 0.25) is 5.91 Å². The minimum Gasteiger partial charge on any atom is -0.444 e. The first-order chi connectivity index (χ1) is 20.9. The Morgan fingerprint density at radius 1 is 1.16 bits per heavy atom. The van der Waals surface area contributed by atoms with Gasteiger partial charge in [0.25, 0.3) is 0 Å². The average Bonchev–Trinajstić information content (AvgIpc) is 3.10. The fraction of sp³-hybridized carbons (Fsp3) is 0.529. The maximum absolute atomic E-state index is 13.8. The zero-order valence-corrected chi connectivity index (χ0v) is 27.8. The molecule has 1 aromatic carbocycles. The van der Waals surface area contributed by atoms with Crippen molar-refractivity contribution in [3.05, 3.63) is 68.6 Å². The third kappa shape index (κ3) is 4.78. The molecule has 3 fully saturated rings. The molecular formula is C34H40ClN5O3S. The molecule has 0 radical (unpaired) electrons. The molecule has 1 saturated heterocycles. The Morgan fingerprint density at radius 2 is 1.91 bits per heavy atom. The summed E-state index contributed by atoms with van der Waals surface area (Å²) in [5.74, 6) is 1.23. The third-order valence-corrected chi connectivity index (χ3v) is 11.4. The molecule has 8 nitrogen and oxygen atoms in total. The number of halogens is 1. The number of aliphatic imine (C=N–C) groups is 1. The van der Waals surface area contributed by atoms with Gasteiger partial charge < -0.3 is 10.1 Å². The van der Waals surface area contributed by atoms with Gasteiger partial charge in [0.15, 0.2) is 0 Å². The van der Waals surface area contributed by atoms with E-state index >= 15 is 0 Å². The van der Waals surface area contributed by atoms with E-state index in [0.29, 0.717) is 10.9 Å². The lowest BCUT2D eigenvalue weighted by Crippen LogP contribution is -2.36. The fourth-order valence-electron chi connectivity index (χ4n) is 8.06. The van der Waals surface area contributed by atoms with E-state index in [-0.39, 0.29) is 36.0 Å². The number of rotatable bonds is 4. The second-order valence-electron chi connectivity index (χ2n) is 13.9. The van der Waals surface area contributed by atoms with Gasteiger partial charge in [0, 0.05) is 27.1 Å². The number of hydrogen-bond donors (Lipinski definition) is 1. The smallest absolute Gasteiger partial charge is 0.411 e. The van der Waals surface area contributed by atoms with Gasteiger partial charge in [0.05, 0.1) is 35.6 Å². The number of nitrogens with zero attached hydrogens (tertiary/aromatic N) is 4. The Kier molecular flexibility index (Phi) is 7.01. The Hall–Kier alpha value is -3.17. The van der Waals surface area contributed by atoms with Crippen LogP contribution in [0.5, 0.6) is 0 Å². The highest BCUT2D eigenvalue weighted by Gasteiger charge is 2.73. The van der Waals surface area contributed by atoms with Gasteiger partial charge in [-0.05, 0) is 90.8 Å². The van der Waals surface area contributed by atoms with Crippen LogP contribution in [0.2, 0.25) is 5.02 Å². The molecule has 2 aliphatic heterocycles. The number of aryl methyl sites for hydroxylation is 2. The van der Waals surface area contributed by atoms with Gasteiger partial charge in [-0.3, -0.25) is 19.3 Å². The highest BCUT2D eigenvalue weighted by Crippen LogP contribution is 2.62. The van der Waals surface area contributed by atoms with E-state index in [1.54, 1.807) is 11.3 Å². The van der Waals surface area contributed by atoms with Crippen LogP contribution in [-0.2, 0) is 9.53 Å². The average molecular weight is 634 g/mol. The molecular weight excluding hydrogens is 594 g/mol. The number of imidazole rings is 1. The van der Waals surface area contributed by atoms with Crippen LogP contribution >= 0.6 is 22.9 Å². The van der Waals surface area contributed by atoms with E-state index in [0.717, 1.165) is 65.5 Å². The van der Waals surface area contributed by atoms with E-state index in [1.807, 2.05) is 63.1 Å². The first-order valence-corrected chi connectivity index (χ1v) is 16.9. The Morgan fingerprint density at radius 3 is 2.64 bits per heavy atom. The number of fused-ring (bicyclic) bond motifs is 3. The predicted octanol–water partition coefficient (Wildman–Crippen LogP) is 7.23. The number of aromatic nitrogens is 2. The summed E-state index contributed by atoms with van der Waals surface area (Å²) in [4.78, 5) is 40.1. The second-order valence-corrected chi connectivity index (χ2v) is 15.6. The van der Waals surface area contributed by atoms with Crippen molar-refractivity contribution < 1.29 is 14.3 Å². The van der Waals surface area contributed by atoms with Gasteiger partial charge in [-0.1, -0.05) is 30.2 Å². The number of nitrogens with one attached hydrogen (secondary N) is 1. The standard InChI is InChI=1S/C34H40ClN5O3S/c1-18-19(2)44-31-29(18)30(21-10-12-23(35)13-11-21)38-25(26-17-36-20(3)39(26)31)15-28(41)37-24-14-22-8-7-9-27-34(22,16-24)40(27)32(42)43-33(4,5)6/h10-13,17,22,24-25,27H,7-9,14-16H2,1-6H3,(H,37,41)/t22-,24?,25+,27+,34?,40?/m1/s1. The van der Waals surface area contributed by atoms with E-state index < -0.39 is 11.6 Å². The van der Waals surface area contributed by atoms with Crippen LogP contribution in [0.4, 0.5) is 4.79 Å². The number of ether oxygens (including phenoxy) is 1. The van der Waals surface area contributed by atoms with Crippen LogP contribution in [0.25, 0.3) is 5.00 Å². The number of likely N-dealkylation sites (tertiary alicyclic amines) is 1. The van der Waals surface area contributed by atoms with Crippen LogP contribution in [0.15, 0.2) is 35.5 Å². The molecule has 0 bridgehead atoms. The monoisotopic (exact) mass is 633 g/mol. The molecule has 10 heteroatoms. The number of carbonyl (C=O) groups is 2. The van der Waals surface area contributed by atoms with Crippen molar-refractivity contribution >= 4 is 40.6 Å². The van der Waals surface area contributed by atoms with Crippen molar-refractivity contribution in [1.82, 2.24) is 19.8 Å². The van der Waals surface area contributed by atoms with Gasteiger partial charge in [-0.25, -0.2) is 9.78 Å². The van der Waals surface area contributed by atoms with Crippen molar-refractivity contribution in [3.8, 4) is 5.00 Å². The largest absolute Gasteiger partial charge is 0.444 e. The van der Waals surface area contributed by atoms with Crippen molar-refractivity contribution in [2.24, 2.45) is 10.9 Å². The van der Waals surface area contributed by atoms with E-state index in [4.69, 9.17) is 21.3 Å². The van der Waals surface area contributed by atoms with E-state index in [2.05, 4.69) is 28.7 Å². The molecule has 232 valence electrons. The maximum atomic E-state index is 13.8. The third-order valence-electron chi connectivity index (χ3n) is 10.00. The first kappa shape index (κ1) is 29.5. The first-order valence-electron chi connectivity index (χ1n) is 15.7. The highest BCUT2D eigenvalue weighted by molar-refractivity contribution is 7.15. The summed E-state index contributed by atoms with van der Waals surface area (Å²) >= 11 is 7.99. The molecule has 2 amide bonds. The molecule has 5 atom stereocenters. The summed E-state index contributed by atoms with van der Waals surface area (Å²) < 4.78 is 7.96. The van der Waals surface area contributed by atoms with Crippen LogP contribution in [0, 0.1) is 26.7 Å². The van der Waals surface area contributed by atoms with Crippen molar-refractivity contribution in [3.63, 3.8) is 0 Å². The minimum atomic E-state index is -0.531. The van der Waals surface area contributed by atoms with E-state index in [1.165, 1.54) is 10.4 Å². The Labute approximate surface area is 267 Å². The van der Waals surface area contributed by atoms with Crippen molar-refractivity contribution in [1.29, 1.82) is 0 Å². The number of thiophene rings is 1. The van der Waals surface area contributed by atoms with Crippen LogP contribution in [0.1, 0.15) is 98.4 Å².